The van der Waals surface area contributed by atoms with Crippen LogP contribution in [-0.4, -0.2) is 9.97 Å². The Kier molecular flexibility index (Phi) is 5.04. The van der Waals surface area contributed by atoms with Crippen LogP contribution in [0.4, 0.5) is 5.95 Å². The smallest absolute Gasteiger partial charge is 0.197 e. The van der Waals surface area contributed by atoms with E-state index < -0.39 is 0 Å². The Morgan fingerprint density at radius 3 is 2.47 bits per heavy atom. The molecule has 1 heterocycles. The number of nitrogen functional groups attached to an aromatic ring is 1. The molecule has 0 bridgehead atoms. The molecule has 0 aliphatic heterocycles. The number of H-pyrrole nitrogens is 1. The van der Waals surface area contributed by atoms with E-state index in [0.717, 1.165) is 17.7 Å². The van der Waals surface area contributed by atoms with Gasteiger partial charge in [0.05, 0.1) is 11.9 Å². The Morgan fingerprint density at radius 1 is 1.24 bits per heavy atom. The van der Waals surface area contributed by atoms with Crippen molar-refractivity contribution in [3.63, 3.8) is 0 Å². The van der Waals surface area contributed by atoms with Gasteiger partial charge >= 0.3 is 0 Å². The largest absolute Gasteiger partial charge is 0.369 e. The van der Waals surface area contributed by atoms with Crippen LogP contribution in [0.1, 0.15) is 25.3 Å². The molecule has 0 fully saturated rings. The number of unbranched alkanes of at least 4 members (excludes halogenated alkanes) is 1. The quantitative estimate of drug-likeness (QED) is 0.875. The van der Waals surface area contributed by atoms with E-state index in [1.54, 1.807) is 6.20 Å². The molecule has 0 saturated carbocycles. The fourth-order valence-corrected chi connectivity index (χ4v) is 1.72. The van der Waals surface area contributed by atoms with Crippen LogP contribution >= 0.6 is 12.4 Å². The fraction of sp³-hybridized carbons (Fsp3) is 0.308. The summed E-state index contributed by atoms with van der Waals surface area (Å²) in [6.45, 7) is 2.21. The zero-order valence-electron chi connectivity index (χ0n) is 9.94. The number of aryl methyl sites for hydroxylation is 1. The van der Waals surface area contributed by atoms with Crippen molar-refractivity contribution in [1.82, 2.24) is 9.97 Å². The first-order chi connectivity index (χ1) is 7.79. The number of nitrogens with two attached hydrogens (primary N) is 1. The number of hydrogen-bond donors (Lipinski definition) is 2. The molecule has 4 heteroatoms. The second-order valence-corrected chi connectivity index (χ2v) is 3.98. The fourth-order valence-electron chi connectivity index (χ4n) is 1.72. The topological polar surface area (TPSA) is 54.7 Å². The average Bonchev–Trinajstić information content (AvgIpc) is 2.74. The third-order valence-electron chi connectivity index (χ3n) is 2.68. The van der Waals surface area contributed by atoms with E-state index in [9.17, 15) is 0 Å². The highest BCUT2D eigenvalue weighted by Gasteiger charge is 2.00. The molecular formula is C13H18ClN3. The van der Waals surface area contributed by atoms with Crippen molar-refractivity contribution in [2.24, 2.45) is 0 Å². The van der Waals surface area contributed by atoms with Gasteiger partial charge < -0.3 is 10.7 Å². The molecule has 0 atom stereocenters. The second-order valence-electron chi connectivity index (χ2n) is 3.98. The Balaban J connectivity index is 0.00000144. The number of nitrogens with one attached hydrogen (secondary N) is 1. The highest BCUT2D eigenvalue weighted by molar-refractivity contribution is 5.85. The summed E-state index contributed by atoms with van der Waals surface area (Å²) >= 11 is 0. The summed E-state index contributed by atoms with van der Waals surface area (Å²) in [6, 6.07) is 8.56. The highest BCUT2D eigenvalue weighted by atomic mass is 35.5. The van der Waals surface area contributed by atoms with E-state index >= 15 is 0 Å². The number of rotatable bonds is 4. The number of aromatic nitrogens is 2. The number of imidazole rings is 1. The Bertz CT molecular complexity index is 448. The van der Waals surface area contributed by atoms with E-state index in [1.807, 2.05) is 0 Å². The summed E-state index contributed by atoms with van der Waals surface area (Å²) in [6.07, 6.45) is 5.40. The molecule has 0 amide bonds. The first-order valence-corrected chi connectivity index (χ1v) is 5.69. The van der Waals surface area contributed by atoms with Crippen LogP contribution in [0, 0.1) is 0 Å². The van der Waals surface area contributed by atoms with Crippen LogP contribution < -0.4 is 5.73 Å². The van der Waals surface area contributed by atoms with E-state index in [-0.39, 0.29) is 12.4 Å². The standard InChI is InChI=1S/C13H17N3.ClH/c1-2-3-4-10-5-7-11(8-6-10)12-9-15-13(14)16-12;/h5-9H,2-4H2,1H3,(H3,14,15,16);1H. The van der Waals surface area contributed by atoms with Gasteiger partial charge in [-0.05, 0) is 24.0 Å². The molecule has 2 aromatic rings. The maximum Gasteiger partial charge on any atom is 0.197 e. The number of nitrogens with zero attached hydrogens (tertiary/aromatic N) is 1. The summed E-state index contributed by atoms with van der Waals surface area (Å²) in [5.41, 5.74) is 9.03. The number of aromatic amines is 1. The number of halogens is 1. The van der Waals surface area contributed by atoms with Crippen molar-refractivity contribution < 1.29 is 0 Å². The molecule has 92 valence electrons. The maximum absolute atomic E-state index is 5.54. The molecule has 0 unspecified atom stereocenters. The predicted octanol–water partition coefficient (Wildman–Crippen LogP) is 3.42. The van der Waals surface area contributed by atoms with Crippen molar-refractivity contribution >= 4 is 18.4 Å². The van der Waals surface area contributed by atoms with Gasteiger partial charge in [-0.1, -0.05) is 37.6 Å². The van der Waals surface area contributed by atoms with Gasteiger partial charge in [-0.2, -0.15) is 0 Å². The third kappa shape index (κ3) is 3.49. The van der Waals surface area contributed by atoms with Gasteiger partial charge in [0.15, 0.2) is 5.95 Å². The van der Waals surface area contributed by atoms with Crippen molar-refractivity contribution in [3.05, 3.63) is 36.0 Å². The van der Waals surface area contributed by atoms with Gasteiger partial charge in [0, 0.05) is 0 Å². The molecule has 0 saturated heterocycles. The normalized spacial score (nSPS) is 9.94. The van der Waals surface area contributed by atoms with Crippen molar-refractivity contribution in [1.29, 1.82) is 0 Å². The molecule has 3 nitrogen and oxygen atoms in total. The lowest BCUT2D eigenvalue weighted by atomic mass is 10.1. The summed E-state index contributed by atoms with van der Waals surface area (Å²) in [4.78, 5) is 7.01. The first kappa shape index (κ1) is 13.6. The van der Waals surface area contributed by atoms with E-state index in [4.69, 9.17) is 5.73 Å². The maximum atomic E-state index is 5.54. The zero-order valence-corrected chi connectivity index (χ0v) is 10.8. The monoisotopic (exact) mass is 251 g/mol. The van der Waals surface area contributed by atoms with Gasteiger partial charge in [0.25, 0.3) is 0 Å². The van der Waals surface area contributed by atoms with Crippen molar-refractivity contribution in [2.45, 2.75) is 26.2 Å². The Labute approximate surface area is 108 Å². The summed E-state index contributed by atoms with van der Waals surface area (Å²) in [5.74, 6) is 0.463. The lowest BCUT2D eigenvalue weighted by Crippen LogP contribution is -1.87. The zero-order chi connectivity index (χ0) is 11.4. The molecule has 3 N–H and O–H groups in total. The molecule has 0 aliphatic rings. The molecule has 17 heavy (non-hydrogen) atoms. The van der Waals surface area contributed by atoms with E-state index in [1.165, 1.54) is 18.4 Å². The van der Waals surface area contributed by atoms with Crippen LogP contribution in [0.5, 0.6) is 0 Å². The van der Waals surface area contributed by atoms with Crippen molar-refractivity contribution in [3.8, 4) is 11.3 Å². The summed E-state index contributed by atoms with van der Waals surface area (Å²) in [5, 5.41) is 0. The summed E-state index contributed by atoms with van der Waals surface area (Å²) < 4.78 is 0. The van der Waals surface area contributed by atoms with Crippen LogP contribution in [0.25, 0.3) is 11.3 Å². The minimum Gasteiger partial charge on any atom is -0.369 e. The molecule has 0 aliphatic carbocycles. The first-order valence-electron chi connectivity index (χ1n) is 5.69. The van der Waals surface area contributed by atoms with Crippen LogP contribution in [0.2, 0.25) is 0 Å². The van der Waals surface area contributed by atoms with Gasteiger partial charge in [0.2, 0.25) is 0 Å². The molecule has 0 radical (unpaired) electrons. The average molecular weight is 252 g/mol. The van der Waals surface area contributed by atoms with Crippen LogP contribution in [-0.2, 0) is 6.42 Å². The van der Waals surface area contributed by atoms with Gasteiger partial charge in [-0.25, -0.2) is 4.98 Å². The third-order valence-corrected chi connectivity index (χ3v) is 2.68. The minimum absolute atomic E-state index is 0. The number of hydrogen-bond acceptors (Lipinski definition) is 2. The molecule has 2 rings (SSSR count). The Morgan fingerprint density at radius 2 is 1.94 bits per heavy atom. The van der Waals surface area contributed by atoms with Crippen LogP contribution in [0.3, 0.4) is 0 Å². The van der Waals surface area contributed by atoms with E-state index in [2.05, 4.69) is 41.2 Å². The van der Waals surface area contributed by atoms with Crippen molar-refractivity contribution in [2.75, 3.05) is 5.73 Å². The lowest BCUT2D eigenvalue weighted by Gasteiger charge is -2.01. The molecule has 0 spiro atoms. The second kappa shape index (κ2) is 6.30. The SMILES string of the molecule is CCCCc1ccc(-c2cnc(N)[nH]2)cc1.Cl. The Hall–Kier alpha value is -1.48. The van der Waals surface area contributed by atoms with Crippen LogP contribution in [0.15, 0.2) is 30.5 Å². The van der Waals surface area contributed by atoms with Gasteiger partial charge in [-0.3, -0.25) is 0 Å². The van der Waals surface area contributed by atoms with Gasteiger partial charge in [0.1, 0.15) is 0 Å². The molecule has 1 aromatic carbocycles. The minimum atomic E-state index is 0. The summed E-state index contributed by atoms with van der Waals surface area (Å²) in [7, 11) is 0. The molecule has 1 aromatic heterocycles. The highest BCUT2D eigenvalue weighted by Crippen LogP contribution is 2.18. The predicted molar refractivity (Wildman–Crippen MR) is 74.3 cm³/mol. The lowest BCUT2D eigenvalue weighted by molar-refractivity contribution is 0.795. The van der Waals surface area contributed by atoms with E-state index in [0.29, 0.717) is 5.95 Å². The molecular weight excluding hydrogens is 234 g/mol. The van der Waals surface area contributed by atoms with Gasteiger partial charge in [-0.15, -0.1) is 12.4 Å². The number of benzene rings is 1. The number of anilines is 1.